The van der Waals surface area contributed by atoms with Gasteiger partial charge in [-0.15, -0.1) is 10.2 Å². The fourth-order valence-corrected chi connectivity index (χ4v) is 4.24. The number of nitrogens with one attached hydrogen (secondary N) is 1. The number of anilines is 1. The molecule has 0 saturated heterocycles. The van der Waals surface area contributed by atoms with Crippen LogP contribution < -0.4 is 5.32 Å². The summed E-state index contributed by atoms with van der Waals surface area (Å²) in [5, 5.41) is 12.3. The summed E-state index contributed by atoms with van der Waals surface area (Å²) >= 11 is 3.10. The summed E-state index contributed by atoms with van der Waals surface area (Å²) in [6, 6.07) is 4.23. The van der Waals surface area contributed by atoms with Crippen molar-refractivity contribution in [2.45, 2.75) is 31.0 Å². The van der Waals surface area contributed by atoms with Gasteiger partial charge in [0.2, 0.25) is 10.9 Å². The van der Waals surface area contributed by atoms with Crippen LogP contribution in [0, 0.1) is 12.7 Å². The molecule has 132 valence electrons. The number of carbonyl (C=O) groups is 1. The maximum atomic E-state index is 13.4. The molecule has 0 unspecified atom stereocenters. The fourth-order valence-electron chi connectivity index (χ4n) is 2.34. The van der Waals surface area contributed by atoms with Crippen molar-refractivity contribution in [3.05, 3.63) is 35.3 Å². The zero-order chi connectivity index (χ0) is 17.8. The summed E-state index contributed by atoms with van der Waals surface area (Å²) < 4.78 is 19.8. The Morgan fingerprint density at radius 1 is 1.40 bits per heavy atom. The van der Waals surface area contributed by atoms with Crippen LogP contribution in [0.15, 0.2) is 27.0 Å². The highest BCUT2D eigenvalue weighted by atomic mass is 32.2. The minimum Gasteiger partial charge on any atom is -0.453 e. The van der Waals surface area contributed by atoms with Crippen molar-refractivity contribution in [1.29, 1.82) is 0 Å². The summed E-state index contributed by atoms with van der Waals surface area (Å²) in [6.45, 7) is 3.96. The number of furan rings is 1. The molecule has 3 rings (SSSR count). The third-order valence-corrected chi connectivity index (χ3v) is 5.78. The Kier molecular flexibility index (Phi) is 5.70. The second-order valence-corrected chi connectivity index (χ2v) is 7.87. The smallest absolute Gasteiger partial charge is 0.217 e. The van der Waals surface area contributed by atoms with Crippen LogP contribution in [0.1, 0.15) is 35.9 Å². The van der Waals surface area contributed by atoms with E-state index in [1.54, 1.807) is 18.7 Å². The number of benzene rings is 1. The van der Waals surface area contributed by atoms with E-state index >= 15 is 0 Å². The van der Waals surface area contributed by atoms with Gasteiger partial charge in [-0.2, -0.15) is 0 Å². The molecular formula is C17H18FN3O2S2. The van der Waals surface area contributed by atoms with Gasteiger partial charge in [-0.25, -0.2) is 4.39 Å². The SMILES string of the molecule is CCCCSc1nnc(NCC(=O)c2oc3ccc(F)cc3c2C)s1. The number of nitrogens with zero attached hydrogens (tertiary/aromatic N) is 2. The normalized spacial score (nSPS) is 11.2. The molecule has 8 heteroatoms. The van der Waals surface area contributed by atoms with Crippen molar-refractivity contribution >= 4 is 45.0 Å². The molecule has 0 aliphatic heterocycles. The van der Waals surface area contributed by atoms with Crippen LogP contribution in [-0.4, -0.2) is 28.3 Å². The van der Waals surface area contributed by atoms with Gasteiger partial charge in [-0.1, -0.05) is 36.4 Å². The van der Waals surface area contributed by atoms with Crippen molar-refractivity contribution in [3.63, 3.8) is 0 Å². The van der Waals surface area contributed by atoms with E-state index < -0.39 is 0 Å². The largest absolute Gasteiger partial charge is 0.453 e. The first kappa shape index (κ1) is 17.9. The van der Waals surface area contributed by atoms with Crippen LogP contribution in [0.2, 0.25) is 0 Å². The number of halogens is 1. The molecule has 0 radical (unpaired) electrons. The second kappa shape index (κ2) is 7.97. The lowest BCUT2D eigenvalue weighted by atomic mass is 10.1. The van der Waals surface area contributed by atoms with Gasteiger partial charge in [-0.3, -0.25) is 4.79 Å². The lowest BCUT2D eigenvalue weighted by Crippen LogP contribution is -2.14. The number of unbranched alkanes of at least 4 members (excludes halogenated alkanes) is 1. The highest BCUT2D eigenvalue weighted by Crippen LogP contribution is 2.28. The molecule has 2 aromatic heterocycles. The summed E-state index contributed by atoms with van der Waals surface area (Å²) in [7, 11) is 0. The van der Waals surface area contributed by atoms with Crippen molar-refractivity contribution in [1.82, 2.24) is 10.2 Å². The lowest BCUT2D eigenvalue weighted by molar-refractivity contribution is 0.0981. The predicted molar refractivity (Wildman–Crippen MR) is 99.3 cm³/mol. The van der Waals surface area contributed by atoms with Gasteiger partial charge in [0.25, 0.3) is 0 Å². The Labute approximate surface area is 153 Å². The van der Waals surface area contributed by atoms with Crippen LogP contribution >= 0.6 is 23.1 Å². The van der Waals surface area contributed by atoms with Gasteiger partial charge in [0.05, 0.1) is 6.54 Å². The van der Waals surface area contributed by atoms with Crippen LogP contribution in [0.3, 0.4) is 0 Å². The maximum Gasteiger partial charge on any atom is 0.217 e. The molecule has 5 nitrogen and oxygen atoms in total. The molecule has 1 N–H and O–H groups in total. The van der Waals surface area contributed by atoms with E-state index in [4.69, 9.17) is 4.42 Å². The summed E-state index contributed by atoms with van der Waals surface area (Å²) in [6.07, 6.45) is 2.28. The molecule has 0 fully saturated rings. The Bertz CT molecular complexity index is 891. The third kappa shape index (κ3) is 4.19. The van der Waals surface area contributed by atoms with E-state index in [9.17, 15) is 9.18 Å². The number of aryl methyl sites for hydroxylation is 1. The van der Waals surface area contributed by atoms with Crippen LogP contribution in [-0.2, 0) is 0 Å². The van der Waals surface area contributed by atoms with Gasteiger partial charge in [0, 0.05) is 16.7 Å². The number of aromatic nitrogens is 2. The topological polar surface area (TPSA) is 68.0 Å². The van der Waals surface area contributed by atoms with Gasteiger partial charge in [-0.05, 0) is 31.5 Å². The van der Waals surface area contributed by atoms with E-state index in [0.29, 0.717) is 21.7 Å². The Balaban J connectivity index is 1.64. The number of rotatable bonds is 8. The number of hydrogen-bond acceptors (Lipinski definition) is 7. The molecule has 0 saturated carbocycles. The average Bonchev–Trinajstić information content (AvgIpc) is 3.18. The number of fused-ring (bicyclic) bond motifs is 1. The highest BCUT2D eigenvalue weighted by Gasteiger charge is 2.18. The van der Waals surface area contributed by atoms with Crippen LogP contribution in [0.5, 0.6) is 0 Å². The fraction of sp³-hybridized carbons (Fsp3) is 0.353. The first-order valence-electron chi connectivity index (χ1n) is 8.00. The number of Topliss-reactive ketones (excluding diaryl/α,β-unsaturated/α-hetero) is 1. The Hall–Kier alpha value is -1.93. The summed E-state index contributed by atoms with van der Waals surface area (Å²) in [5.74, 6) is 0.703. The highest BCUT2D eigenvalue weighted by molar-refractivity contribution is 8.01. The first-order valence-corrected chi connectivity index (χ1v) is 9.80. The molecule has 0 aliphatic carbocycles. The number of carbonyl (C=O) groups excluding carboxylic acids is 1. The number of thioether (sulfide) groups is 1. The molecule has 0 aliphatic rings. The molecule has 0 atom stereocenters. The molecule has 1 aromatic carbocycles. The number of hydrogen-bond donors (Lipinski definition) is 1. The molecule has 0 amide bonds. The average molecular weight is 379 g/mol. The van der Waals surface area contributed by atoms with E-state index in [2.05, 4.69) is 22.4 Å². The lowest BCUT2D eigenvalue weighted by Gasteiger charge is -2.00. The van der Waals surface area contributed by atoms with Crippen molar-refractivity contribution < 1.29 is 13.6 Å². The Morgan fingerprint density at radius 2 is 2.24 bits per heavy atom. The first-order chi connectivity index (χ1) is 12.1. The molecule has 25 heavy (non-hydrogen) atoms. The molecule has 3 aromatic rings. The van der Waals surface area contributed by atoms with Gasteiger partial charge >= 0.3 is 0 Å². The molecule has 2 heterocycles. The molecule has 0 bridgehead atoms. The van der Waals surface area contributed by atoms with Crippen molar-refractivity contribution in [3.8, 4) is 0 Å². The minimum absolute atomic E-state index is 0.0530. The van der Waals surface area contributed by atoms with Crippen molar-refractivity contribution in [2.75, 3.05) is 17.6 Å². The zero-order valence-electron chi connectivity index (χ0n) is 14.0. The van der Waals surface area contributed by atoms with Gasteiger partial charge < -0.3 is 9.73 Å². The minimum atomic E-state index is -0.351. The standard InChI is InChI=1S/C17H18FN3O2S2/c1-3-4-7-24-17-21-20-16(25-17)19-9-13(22)15-10(2)12-8-11(18)5-6-14(12)23-15/h5-6,8H,3-4,7,9H2,1-2H3,(H,19,20). The summed E-state index contributed by atoms with van der Waals surface area (Å²) in [4.78, 5) is 12.4. The van der Waals surface area contributed by atoms with E-state index in [1.807, 2.05) is 0 Å². The van der Waals surface area contributed by atoms with E-state index in [-0.39, 0.29) is 23.9 Å². The zero-order valence-corrected chi connectivity index (χ0v) is 15.6. The van der Waals surface area contributed by atoms with E-state index in [1.165, 1.54) is 29.5 Å². The Morgan fingerprint density at radius 3 is 3.04 bits per heavy atom. The van der Waals surface area contributed by atoms with Gasteiger partial charge in [0.15, 0.2) is 10.1 Å². The van der Waals surface area contributed by atoms with Crippen LogP contribution in [0.25, 0.3) is 11.0 Å². The molecule has 0 spiro atoms. The van der Waals surface area contributed by atoms with E-state index in [0.717, 1.165) is 22.9 Å². The quantitative estimate of drug-likeness (QED) is 0.340. The maximum absolute atomic E-state index is 13.4. The molecular weight excluding hydrogens is 361 g/mol. The van der Waals surface area contributed by atoms with Crippen LogP contribution in [0.4, 0.5) is 9.52 Å². The number of ketones is 1. The van der Waals surface area contributed by atoms with Gasteiger partial charge in [0.1, 0.15) is 11.4 Å². The van der Waals surface area contributed by atoms with Crippen molar-refractivity contribution in [2.24, 2.45) is 0 Å². The second-order valence-electron chi connectivity index (χ2n) is 5.55. The predicted octanol–water partition coefficient (Wildman–Crippen LogP) is 4.92. The summed E-state index contributed by atoms with van der Waals surface area (Å²) in [5.41, 5.74) is 1.15. The monoisotopic (exact) mass is 379 g/mol. The third-order valence-electron chi connectivity index (χ3n) is 3.68.